The lowest BCUT2D eigenvalue weighted by molar-refractivity contribution is 0.0176. The number of carbonyl (C=O) groups excluding carboxylic acids is 1. The van der Waals surface area contributed by atoms with Crippen LogP contribution in [0, 0.1) is 5.82 Å². The third kappa shape index (κ3) is 7.22. The fraction of sp³-hybridized carbons (Fsp3) is 0.415. The van der Waals surface area contributed by atoms with Crippen molar-refractivity contribution in [2.24, 2.45) is 7.05 Å². The summed E-state index contributed by atoms with van der Waals surface area (Å²) >= 11 is 7.25. The van der Waals surface area contributed by atoms with E-state index in [2.05, 4.69) is 16.4 Å². The minimum atomic E-state index is -0.377. The van der Waals surface area contributed by atoms with E-state index in [1.807, 2.05) is 61.1 Å². The van der Waals surface area contributed by atoms with Gasteiger partial charge in [0.2, 0.25) is 0 Å². The Morgan fingerprint density at radius 3 is 2.69 bits per heavy atom. The molecule has 4 heterocycles. The number of morpholine rings is 1. The predicted molar refractivity (Wildman–Crippen MR) is 202 cm³/mol. The second kappa shape index (κ2) is 16.2. The maximum absolute atomic E-state index is 13.9. The first-order valence-corrected chi connectivity index (χ1v) is 18.7. The number of benzene rings is 3. The summed E-state index contributed by atoms with van der Waals surface area (Å²) in [5.41, 5.74) is 6.00. The molecule has 0 N–H and O–H groups in total. The number of nitrogens with zero attached hydrogens (tertiary/aromatic N) is 4. The number of fused-ring (bicyclic) bond motifs is 3. The molecule has 2 aromatic heterocycles. The first kappa shape index (κ1) is 36.2. The molecule has 0 radical (unpaired) electrons. The van der Waals surface area contributed by atoms with Crippen molar-refractivity contribution in [3.63, 3.8) is 0 Å². The van der Waals surface area contributed by atoms with Gasteiger partial charge in [-0.05, 0) is 73.9 Å². The number of ether oxygens (including phenoxy) is 4. The Bertz CT molecular complexity index is 2100. The van der Waals surface area contributed by atoms with Gasteiger partial charge in [-0.15, -0.1) is 0 Å². The number of rotatable bonds is 11. The van der Waals surface area contributed by atoms with Gasteiger partial charge in [0.05, 0.1) is 49.3 Å². The first-order chi connectivity index (χ1) is 25.4. The molecule has 11 heteroatoms. The lowest BCUT2D eigenvalue weighted by Crippen LogP contribution is -2.37. The van der Waals surface area contributed by atoms with Crippen LogP contribution in [-0.2, 0) is 40.6 Å². The Morgan fingerprint density at radius 2 is 1.88 bits per heavy atom. The minimum absolute atomic E-state index is 0.249. The summed E-state index contributed by atoms with van der Waals surface area (Å²) in [5, 5.41) is 8.28. The van der Waals surface area contributed by atoms with Gasteiger partial charge in [-0.2, -0.15) is 5.10 Å². The lowest BCUT2D eigenvalue weighted by atomic mass is 9.94. The van der Waals surface area contributed by atoms with Crippen LogP contribution in [-0.4, -0.2) is 77.9 Å². The SMILES string of the molecule is CCOC(=O)c1c(CCCOc2cccc3cc(F)ccc23)c2ccc(Cl)c3c2n1C/C=C\COC(CCN1CCOCC1)c1nn(C)c(CC)c1-3. The normalized spacial score (nSPS) is 17.2. The summed E-state index contributed by atoms with van der Waals surface area (Å²) in [7, 11) is 1.98. The van der Waals surface area contributed by atoms with Gasteiger partial charge in [0, 0.05) is 60.8 Å². The molecule has 274 valence electrons. The van der Waals surface area contributed by atoms with E-state index >= 15 is 0 Å². The maximum Gasteiger partial charge on any atom is 0.355 e. The Labute approximate surface area is 308 Å². The molecule has 5 aromatic rings. The Hall–Kier alpha value is -4.22. The summed E-state index contributed by atoms with van der Waals surface area (Å²) in [6.45, 7) is 9.56. The van der Waals surface area contributed by atoms with E-state index in [9.17, 15) is 9.18 Å². The Morgan fingerprint density at radius 1 is 1.06 bits per heavy atom. The highest BCUT2D eigenvalue weighted by atomic mass is 35.5. The molecule has 1 fully saturated rings. The zero-order valence-electron chi connectivity index (χ0n) is 30.1. The van der Waals surface area contributed by atoms with Crippen molar-refractivity contribution in [1.82, 2.24) is 19.2 Å². The second-order valence-electron chi connectivity index (χ2n) is 13.3. The average molecular weight is 729 g/mol. The van der Waals surface area contributed by atoms with Crippen LogP contribution in [0.15, 0.2) is 60.7 Å². The monoisotopic (exact) mass is 728 g/mol. The number of esters is 1. The van der Waals surface area contributed by atoms with Crippen LogP contribution < -0.4 is 4.74 Å². The first-order valence-electron chi connectivity index (χ1n) is 18.3. The van der Waals surface area contributed by atoms with Crippen molar-refractivity contribution in [2.45, 2.75) is 52.2 Å². The van der Waals surface area contributed by atoms with Crippen molar-refractivity contribution in [3.05, 3.63) is 94.2 Å². The number of aryl methyl sites for hydroxylation is 2. The highest BCUT2D eigenvalue weighted by Gasteiger charge is 2.32. The van der Waals surface area contributed by atoms with Crippen molar-refractivity contribution in [1.29, 1.82) is 0 Å². The third-order valence-corrected chi connectivity index (χ3v) is 10.4. The molecular formula is C41H46ClFN4O5. The van der Waals surface area contributed by atoms with Crippen LogP contribution in [0.25, 0.3) is 32.8 Å². The van der Waals surface area contributed by atoms with Gasteiger partial charge in [0.15, 0.2) is 0 Å². The molecule has 9 nitrogen and oxygen atoms in total. The van der Waals surface area contributed by atoms with Gasteiger partial charge in [-0.3, -0.25) is 9.58 Å². The van der Waals surface area contributed by atoms with E-state index < -0.39 is 0 Å². The zero-order chi connectivity index (χ0) is 36.2. The van der Waals surface area contributed by atoms with Crippen LogP contribution in [0.5, 0.6) is 5.75 Å². The van der Waals surface area contributed by atoms with Gasteiger partial charge < -0.3 is 23.5 Å². The second-order valence-corrected chi connectivity index (χ2v) is 13.7. The van der Waals surface area contributed by atoms with Crippen LogP contribution in [0.3, 0.4) is 0 Å². The smallest absolute Gasteiger partial charge is 0.355 e. The molecule has 1 atom stereocenters. The van der Waals surface area contributed by atoms with Crippen LogP contribution in [0.1, 0.15) is 60.2 Å². The Balaban J connectivity index is 1.31. The van der Waals surface area contributed by atoms with E-state index in [0.29, 0.717) is 49.1 Å². The fourth-order valence-electron chi connectivity index (χ4n) is 7.71. The number of halogens is 2. The van der Waals surface area contributed by atoms with Crippen LogP contribution in [0.2, 0.25) is 5.02 Å². The topological polar surface area (TPSA) is 80.0 Å². The summed E-state index contributed by atoms with van der Waals surface area (Å²) in [6.07, 6.45) is 6.49. The summed E-state index contributed by atoms with van der Waals surface area (Å²) < 4.78 is 42.1. The van der Waals surface area contributed by atoms with Crippen LogP contribution in [0.4, 0.5) is 4.39 Å². The molecule has 0 bridgehead atoms. The van der Waals surface area contributed by atoms with Crippen molar-refractivity contribution < 1.29 is 28.1 Å². The highest BCUT2D eigenvalue weighted by molar-refractivity contribution is 6.35. The van der Waals surface area contributed by atoms with E-state index in [1.165, 1.54) is 12.1 Å². The number of allylic oxidation sites excluding steroid dienone is 1. The molecule has 0 spiro atoms. The molecule has 0 saturated carbocycles. The largest absolute Gasteiger partial charge is 0.493 e. The van der Waals surface area contributed by atoms with Crippen molar-refractivity contribution >= 4 is 39.2 Å². The Kier molecular flexibility index (Phi) is 11.3. The van der Waals surface area contributed by atoms with E-state index in [0.717, 1.165) is 95.4 Å². The van der Waals surface area contributed by atoms with E-state index in [4.69, 9.17) is 35.6 Å². The summed E-state index contributed by atoms with van der Waals surface area (Å²) in [6, 6.07) is 14.3. The zero-order valence-corrected chi connectivity index (χ0v) is 30.9. The third-order valence-electron chi connectivity index (χ3n) is 10.1. The van der Waals surface area contributed by atoms with Gasteiger partial charge in [-0.25, -0.2) is 9.18 Å². The molecule has 0 aliphatic carbocycles. The molecule has 2 aliphatic heterocycles. The molecule has 7 rings (SSSR count). The molecule has 0 amide bonds. The molecule has 52 heavy (non-hydrogen) atoms. The van der Waals surface area contributed by atoms with Crippen molar-refractivity contribution in [2.75, 3.05) is 52.7 Å². The number of carbonyl (C=O) groups is 1. The van der Waals surface area contributed by atoms with Crippen LogP contribution >= 0.6 is 11.6 Å². The summed E-state index contributed by atoms with van der Waals surface area (Å²) in [5.74, 6) is 0.0342. The predicted octanol–water partition coefficient (Wildman–Crippen LogP) is 8.09. The number of hydrogen-bond donors (Lipinski definition) is 0. The quantitative estimate of drug-likeness (QED) is 0.0773. The van der Waals surface area contributed by atoms with E-state index in [-0.39, 0.29) is 24.5 Å². The van der Waals surface area contributed by atoms with E-state index in [1.54, 1.807) is 6.07 Å². The summed E-state index contributed by atoms with van der Waals surface area (Å²) in [4.78, 5) is 16.3. The molecule has 2 aliphatic rings. The van der Waals surface area contributed by atoms with Crippen molar-refractivity contribution in [3.8, 4) is 16.9 Å². The molecule has 1 saturated heterocycles. The van der Waals surface area contributed by atoms with Gasteiger partial charge in [-0.1, -0.05) is 48.9 Å². The van der Waals surface area contributed by atoms with Gasteiger partial charge in [0.1, 0.15) is 23.4 Å². The highest BCUT2D eigenvalue weighted by Crippen LogP contribution is 2.45. The number of aromatic nitrogens is 3. The molecular weight excluding hydrogens is 683 g/mol. The van der Waals surface area contributed by atoms with Gasteiger partial charge >= 0.3 is 5.97 Å². The average Bonchev–Trinajstić information content (AvgIpc) is 3.63. The standard InChI is InChI=1S/C41H46ClFN4O5/c1-4-33-37-36-32(42)16-15-31-30(11-9-23-51-34-12-8-10-27-26-28(43)13-14-29(27)34)40(41(48)50-5-2)47(39(31)36)18-6-7-22-52-35(38(37)44-45(33)3)17-19-46-20-24-49-25-21-46/h6-8,10,12-16,26,35H,4-5,9,11,17-25H2,1-3H3/b7-6-. The maximum atomic E-state index is 13.9. The number of hydrogen-bond acceptors (Lipinski definition) is 7. The molecule has 3 aromatic carbocycles. The fourth-order valence-corrected chi connectivity index (χ4v) is 7.96. The minimum Gasteiger partial charge on any atom is -0.493 e. The molecule has 1 unspecified atom stereocenters. The van der Waals surface area contributed by atoms with Gasteiger partial charge in [0.25, 0.3) is 0 Å². The lowest BCUT2D eigenvalue weighted by Gasteiger charge is -2.28.